The van der Waals surface area contributed by atoms with Crippen molar-refractivity contribution in [3.05, 3.63) is 35.9 Å². The highest BCUT2D eigenvalue weighted by molar-refractivity contribution is 5.79. The fourth-order valence-corrected chi connectivity index (χ4v) is 3.19. The topological polar surface area (TPSA) is 39.7 Å². The lowest BCUT2D eigenvalue weighted by Crippen LogP contribution is -2.48. The predicted molar refractivity (Wildman–Crippen MR) is 98.9 cm³/mol. The van der Waals surface area contributed by atoms with E-state index < -0.39 is 0 Å². The van der Waals surface area contributed by atoms with Crippen molar-refractivity contribution in [3.63, 3.8) is 0 Å². The van der Waals surface area contributed by atoms with Gasteiger partial charge in [0.05, 0.1) is 0 Å². The van der Waals surface area contributed by atoms with E-state index in [9.17, 15) is 0 Å². The van der Waals surface area contributed by atoms with Gasteiger partial charge in [-0.25, -0.2) is 0 Å². The maximum Gasteiger partial charge on any atom is 0.191 e. The second-order valence-electron chi connectivity index (χ2n) is 6.71. The lowest BCUT2D eigenvalue weighted by atomic mass is 9.99. The minimum Gasteiger partial charge on any atom is -0.356 e. The Bertz CT molecular complexity index is 472. The normalized spacial score (nSPS) is 21.0. The zero-order valence-corrected chi connectivity index (χ0v) is 14.9. The molecule has 1 aliphatic heterocycles. The number of rotatable bonds is 6. The molecule has 1 aromatic carbocycles. The summed E-state index contributed by atoms with van der Waals surface area (Å²) in [5.74, 6) is 1.73. The van der Waals surface area contributed by atoms with Crippen LogP contribution in [-0.4, -0.2) is 50.1 Å². The molecule has 4 heteroatoms. The molecule has 1 heterocycles. The fourth-order valence-electron chi connectivity index (χ4n) is 3.19. The van der Waals surface area contributed by atoms with Gasteiger partial charge in [0.2, 0.25) is 0 Å². The van der Waals surface area contributed by atoms with Gasteiger partial charge in [-0.3, -0.25) is 9.89 Å². The first-order chi connectivity index (χ1) is 11.2. The highest BCUT2D eigenvalue weighted by Crippen LogP contribution is 2.17. The van der Waals surface area contributed by atoms with E-state index in [0.29, 0.717) is 6.04 Å². The Morgan fingerprint density at radius 3 is 2.78 bits per heavy atom. The van der Waals surface area contributed by atoms with Gasteiger partial charge >= 0.3 is 0 Å². The molecule has 23 heavy (non-hydrogen) atoms. The van der Waals surface area contributed by atoms with E-state index in [0.717, 1.165) is 31.4 Å². The number of nitrogens with zero attached hydrogens (tertiary/aromatic N) is 2. The number of guanidine groups is 1. The summed E-state index contributed by atoms with van der Waals surface area (Å²) in [5, 5.41) is 6.87. The van der Waals surface area contributed by atoms with Crippen molar-refractivity contribution in [1.29, 1.82) is 0 Å². The molecule has 4 nitrogen and oxygen atoms in total. The van der Waals surface area contributed by atoms with Crippen molar-refractivity contribution in [1.82, 2.24) is 15.5 Å². The van der Waals surface area contributed by atoms with Gasteiger partial charge in [-0.1, -0.05) is 37.3 Å². The second kappa shape index (κ2) is 9.56. The molecule has 0 aliphatic carbocycles. The van der Waals surface area contributed by atoms with Crippen LogP contribution in [0.1, 0.15) is 32.3 Å². The van der Waals surface area contributed by atoms with E-state index in [2.05, 4.69) is 64.7 Å². The summed E-state index contributed by atoms with van der Waals surface area (Å²) in [4.78, 5) is 6.92. The van der Waals surface area contributed by atoms with Gasteiger partial charge in [-0.05, 0) is 44.2 Å². The molecule has 2 unspecified atom stereocenters. The molecule has 2 atom stereocenters. The molecular formula is C19H32N4. The molecule has 2 N–H and O–H groups in total. The van der Waals surface area contributed by atoms with Crippen molar-refractivity contribution in [3.8, 4) is 0 Å². The first-order valence-corrected chi connectivity index (χ1v) is 8.91. The zero-order chi connectivity index (χ0) is 16.5. The van der Waals surface area contributed by atoms with Gasteiger partial charge in [-0.15, -0.1) is 0 Å². The van der Waals surface area contributed by atoms with Crippen LogP contribution in [0.4, 0.5) is 0 Å². The maximum atomic E-state index is 4.33. The first kappa shape index (κ1) is 17.8. The van der Waals surface area contributed by atoms with E-state index >= 15 is 0 Å². The summed E-state index contributed by atoms with van der Waals surface area (Å²) in [6.45, 7) is 8.96. The number of benzene rings is 1. The predicted octanol–water partition coefficient (Wildman–Crippen LogP) is 2.51. The molecule has 1 saturated heterocycles. The molecule has 0 amide bonds. The largest absolute Gasteiger partial charge is 0.356 e. The van der Waals surface area contributed by atoms with Crippen LogP contribution < -0.4 is 10.6 Å². The van der Waals surface area contributed by atoms with Crippen LogP contribution in [0.5, 0.6) is 0 Å². The SMILES string of the molecule is CN=C(NCCc1ccccc1)NCC(C)N1CCCC(C)C1. The molecule has 0 aromatic heterocycles. The molecule has 1 aromatic rings. The van der Waals surface area contributed by atoms with Crippen LogP contribution in [0.15, 0.2) is 35.3 Å². The zero-order valence-electron chi connectivity index (χ0n) is 14.9. The van der Waals surface area contributed by atoms with Gasteiger partial charge in [0.25, 0.3) is 0 Å². The van der Waals surface area contributed by atoms with E-state index in [1.54, 1.807) is 0 Å². The highest BCUT2D eigenvalue weighted by Gasteiger charge is 2.20. The molecule has 0 bridgehead atoms. The average Bonchev–Trinajstić information content (AvgIpc) is 2.58. The third kappa shape index (κ3) is 6.22. The lowest BCUT2D eigenvalue weighted by molar-refractivity contribution is 0.139. The Morgan fingerprint density at radius 2 is 2.09 bits per heavy atom. The first-order valence-electron chi connectivity index (χ1n) is 8.91. The van der Waals surface area contributed by atoms with Gasteiger partial charge < -0.3 is 10.6 Å². The third-order valence-corrected chi connectivity index (χ3v) is 4.65. The van der Waals surface area contributed by atoms with Crippen LogP contribution in [-0.2, 0) is 6.42 Å². The van der Waals surface area contributed by atoms with Gasteiger partial charge in [0, 0.05) is 32.7 Å². The van der Waals surface area contributed by atoms with Crippen LogP contribution in [0.25, 0.3) is 0 Å². The van der Waals surface area contributed by atoms with E-state index in [-0.39, 0.29) is 0 Å². The molecule has 2 rings (SSSR count). The van der Waals surface area contributed by atoms with E-state index in [1.807, 2.05) is 7.05 Å². The molecule has 0 saturated carbocycles. The molecule has 1 fully saturated rings. The Morgan fingerprint density at radius 1 is 1.30 bits per heavy atom. The van der Waals surface area contributed by atoms with Crippen molar-refractivity contribution in [2.24, 2.45) is 10.9 Å². The number of hydrogen-bond acceptors (Lipinski definition) is 2. The van der Waals surface area contributed by atoms with Crippen molar-refractivity contribution in [2.45, 2.75) is 39.2 Å². The molecule has 0 radical (unpaired) electrons. The van der Waals surface area contributed by atoms with Gasteiger partial charge in [0.15, 0.2) is 5.96 Å². The highest BCUT2D eigenvalue weighted by atomic mass is 15.2. The molecule has 128 valence electrons. The van der Waals surface area contributed by atoms with Gasteiger partial charge in [0.1, 0.15) is 0 Å². The molecule has 0 spiro atoms. The Hall–Kier alpha value is -1.55. The second-order valence-corrected chi connectivity index (χ2v) is 6.71. The van der Waals surface area contributed by atoms with Crippen molar-refractivity contribution in [2.75, 3.05) is 33.2 Å². The summed E-state index contributed by atoms with van der Waals surface area (Å²) in [6, 6.07) is 11.1. The number of nitrogens with one attached hydrogen (secondary N) is 2. The molecular weight excluding hydrogens is 284 g/mol. The number of piperidine rings is 1. The van der Waals surface area contributed by atoms with Crippen LogP contribution in [0.3, 0.4) is 0 Å². The maximum absolute atomic E-state index is 4.33. The van der Waals surface area contributed by atoms with Crippen molar-refractivity contribution < 1.29 is 0 Å². The van der Waals surface area contributed by atoms with E-state index in [4.69, 9.17) is 0 Å². The van der Waals surface area contributed by atoms with Crippen LogP contribution in [0.2, 0.25) is 0 Å². The summed E-state index contributed by atoms with van der Waals surface area (Å²) in [5.41, 5.74) is 1.35. The van der Waals surface area contributed by atoms with Crippen LogP contribution in [0, 0.1) is 5.92 Å². The number of hydrogen-bond donors (Lipinski definition) is 2. The van der Waals surface area contributed by atoms with Gasteiger partial charge in [-0.2, -0.15) is 0 Å². The standard InChI is InChI=1S/C19H32N4/c1-16-8-7-13-23(15-16)17(2)14-22-19(20-3)21-12-11-18-9-5-4-6-10-18/h4-6,9-10,16-17H,7-8,11-15H2,1-3H3,(H2,20,21,22). The van der Waals surface area contributed by atoms with Crippen molar-refractivity contribution >= 4 is 5.96 Å². The summed E-state index contributed by atoms with van der Waals surface area (Å²) in [6.07, 6.45) is 3.72. The lowest BCUT2D eigenvalue weighted by Gasteiger charge is -2.35. The number of likely N-dealkylation sites (tertiary alicyclic amines) is 1. The van der Waals surface area contributed by atoms with Crippen LogP contribution >= 0.6 is 0 Å². The average molecular weight is 316 g/mol. The Kier molecular flexibility index (Phi) is 7.40. The number of aliphatic imine (C=N–C) groups is 1. The molecule has 1 aliphatic rings. The third-order valence-electron chi connectivity index (χ3n) is 4.65. The Balaban J connectivity index is 1.68. The monoisotopic (exact) mass is 316 g/mol. The summed E-state index contributed by atoms with van der Waals surface area (Å²) >= 11 is 0. The minimum absolute atomic E-state index is 0.547. The summed E-state index contributed by atoms with van der Waals surface area (Å²) in [7, 11) is 1.84. The fraction of sp³-hybridized carbons (Fsp3) is 0.632. The smallest absolute Gasteiger partial charge is 0.191 e. The minimum atomic E-state index is 0.547. The Labute approximate surface area is 141 Å². The van der Waals surface area contributed by atoms with E-state index in [1.165, 1.54) is 31.5 Å². The summed E-state index contributed by atoms with van der Waals surface area (Å²) < 4.78 is 0. The quantitative estimate of drug-likeness (QED) is 0.626.